The fourth-order valence-electron chi connectivity index (χ4n) is 3.20. The average molecular weight is 461 g/mol. The Morgan fingerprint density at radius 3 is 2.44 bits per heavy atom. The third kappa shape index (κ3) is 7.62. The predicted octanol–water partition coefficient (Wildman–Crippen LogP) is 3.64. The number of amides is 2. The molecule has 0 spiro atoms. The van der Waals surface area contributed by atoms with E-state index in [2.05, 4.69) is 27.7 Å². The molecule has 0 saturated heterocycles. The average Bonchev–Trinajstić information content (AvgIpc) is 2.75. The minimum Gasteiger partial charge on any atom is -0.354 e. The Labute approximate surface area is 193 Å². The molecule has 8 nitrogen and oxygen atoms in total. The molecule has 172 valence electrons. The van der Waals surface area contributed by atoms with Gasteiger partial charge < -0.3 is 15.5 Å². The van der Waals surface area contributed by atoms with Crippen LogP contribution >= 0.6 is 11.6 Å². The first-order chi connectivity index (χ1) is 15.2. The number of halogens is 1. The molecule has 32 heavy (non-hydrogen) atoms. The summed E-state index contributed by atoms with van der Waals surface area (Å²) in [6, 6.07) is 13.0. The first kappa shape index (κ1) is 25.3. The zero-order chi connectivity index (χ0) is 23.7. The molecule has 2 N–H and O–H groups in total. The number of nitro benzene ring substituents is 1. The van der Waals surface area contributed by atoms with E-state index >= 15 is 0 Å². The number of carbonyl (C=O) groups is 2. The van der Waals surface area contributed by atoms with Crippen molar-refractivity contribution < 1.29 is 14.5 Å². The summed E-state index contributed by atoms with van der Waals surface area (Å²) in [5.41, 5.74) is 1.10. The Balaban J connectivity index is 1.85. The van der Waals surface area contributed by atoms with E-state index in [1.165, 1.54) is 17.7 Å². The number of nitrogens with one attached hydrogen (secondary N) is 2. The van der Waals surface area contributed by atoms with Crippen molar-refractivity contribution in [2.75, 3.05) is 20.1 Å². The summed E-state index contributed by atoms with van der Waals surface area (Å²) >= 11 is 6.03. The standard InChI is InChI=1S/C23H29ClN4O4/c1-16(2)21(26-22(29)19-11-10-18(28(31)32)14-20(19)24)23(30)25-12-7-13-27(3)15-17-8-5-4-6-9-17/h4-6,8-11,14,16,21H,7,12-13,15H2,1-3H3,(H,25,30)(H,26,29)/t21-/m0/s1. The highest BCUT2D eigenvalue weighted by molar-refractivity contribution is 6.34. The van der Waals surface area contributed by atoms with Crippen LogP contribution in [-0.2, 0) is 11.3 Å². The van der Waals surface area contributed by atoms with E-state index in [-0.39, 0.29) is 28.1 Å². The summed E-state index contributed by atoms with van der Waals surface area (Å²) in [7, 11) is 2.03. The smallest absolute Gasteiger partial charge is 0.270 e. The predicted molar refractivity (Wildman–Crippen MR) is 125 cm³/mol. The summed E-state index contributed by atoms with van der Waals surface area (Å²) in [4.78, 5) is 37.7. The highest BCUT2D eigenvalue weighted by atomic mass is 35.5. The maximum atomic E-state index is 12.7. The SMILES string of the molecule is CC(C)[C@H](NC(=O)c1ccc([N+](=O)[O-])cc1Cl)C(=O)NCCCN(C)Cc1ccccc1. The molecule has 2 aromatic carbocycles. The molecule has 0 saturated carbocycles. The fourth-order valence-corrected chi connectivity index (χ4v) is 3.46. The van der Waals surface area contributed by atoms with E-state index < -0.39 is 16.9 Å². The normalized spacial score (nSPS) is 11.9. The van der Waals surface area contributed by atoms with Crippen LogP contribution < -0.4 is 10.6 Å². The first-order valence-corrected chi connectivity index (χ1v) is 10.8. The highest BCUT2D eigenvalue weighted by Crippen LogP contribution is 2.22. The molecule has 0 fully saturated rings. The van der Waals surface area contributed by atoms with Crippen molar-refractivity contribution in [2.45, 2.75) is 32.9 Å². The second kappa shape index (κ2) is 12.2. The largest absolute Gasteiger partial charge is 0.354 e. The van der Waals surface area contributed by atoms with Crippen LogP contribution in [0.15, 0.2) is 48.5 Å². The van der Waals surface area contributed by atoms with E-state index in [1.54, 1.807) is 0 Å². The first-order valence-electron chi connectivity index (χ1n) is 10.4. The van der Waals surface area contributed by atoms with Crippen molar-refractivity contribution in [3.63, 3.8) is 0 Å². The molecule has 0 aliphatic heterocycles. The Hall–Kier alpha value is -2.97. The van der Waals surface area contributed by atoms with Gasteiger partial charge in [0.1, 0.15) is 6.04 Å². The van der Waals surface area contributed by atoms with Crippen LogP contribution in [-0.4, -0.2) is 47.8 Å². The monoisotopic (exact) mass is 460 g/mol. The van der Waals surface area contributed by atoms with Crippen LogP contribution in [0.4, 0.5) is 5.69 Å². The van der Waals surface area contributed by atoms with Crippen LogP contribution in [0.2, 0.25) is 5.02 Å². The van der Waals surface area contributed by atoms with Gasteiger partial charge in [0.2, 0.25) is 5.91 Å². The van der Waals surface area contributed by atoms with Gasteiger partial charge in [0.25, 0.3) is 11.6 Å². The van der Waals surface area contributed by atoms with Gasteiger partial charge in [0, 0.05) is 25.2 Å². The number of rotatable bonds is 11. The van der Waals surface area contributed by atoms with E-state index in [9.17, 15) is 19.7 Å². The maximum absolute atomic E-state index is 12.7. The van der Waals surface area contributed by atoms with Gasteiger partial charge in [-0.2, -0.15) is 0 Å². The van der Waals surface area contributed by atoms with Crippen LogP contribution in [0.3, 0.4) is 0 Å². The van der Waals surface area contributed by atoms with Crippen molar-refractivity contribution in [1.29, 1.82) is 0 Å². The molecule has 0 aromatic heterocycles. The molecule has 0 bridgehead atoms. The van der Waals surface area contributed by atoms with Crippen LogP contribution in [0.1, 0.15) is 36.2 Å². The molecule has 1 atom stereocenters. The Kier molecular flexibility index (Phi) is 9.61. The second-order valence-corrected chi connectivity index (χ2v) is 8.39. The summed E-state index contributed by atoms with van der Waals surface area (Å²) < 4.78 is 0. The molecule has 2 amide bonds. The number of carbonyl (C=O) groups excluding carboxylic acids is 2. The third-order valence-electron chi connectivity index (χ3n) is 4.96. The van der Waals surface area contributed by atoms with Crippen molar-refractivity contribution in [1.82, 2.24) is 15.5 Å². The molecular weight excluding hydrogens is 432 g/mol. The Bertz CT molecular complexity index is 937. The van der Waals surface area contributed by atoms with Crippen molar-refractivity contribution in [2.24, 2.45) is 5.92 Å². The summed E-state index contributed by atoms with van der Waals surface area (Å²) in [5, 5.41) is 16.4. The van der Waals surface area contributed by atoms with Gasteiger partial charge in [-0.15, -0.1) is 0 Å². The Morgan fingerprint density at radius 1 is 1.16 bits per heavy atom. The van der Waals surface area contributed by atoms with Crippen LogP contribution in [0.5, 0.6) is 0 Å². The van der Waals surface area contributed by atoms with Crippen molar-refractivity contribution in [3.05, 3.63) is 74.8 Å². The molecule has 2 aromatic rings. The molecule has 0 unspecified atom stereocenters. The molecule has 0 aliphatic rings. The lowest BCUT2D eigenvalue weighted by molar-refractivity contribution is -0.384. The number of nitro groups is 1. The van der Waals surface area contributed by atoms with Crippen LogP contribution in [0, 0.1) is 16.0 Å². The summed E-state index contributed by atoms with van der Waals surface area (Å²) in [6.07, 6.45) is 0.766. The van der Waals surface area contributed by atoms with Gasteiger partial charge in [0.15, 0.2) is 0 Å². The van der Waals surface area contributed by atoms with Gasteiger partial charge in [-0.1, -0.05) is 55.8 Å². The zero-order valence-corrected chi connectivity index (χ0v) is 19.3. The van der Waals surface area contributed by atoms with Crippen molar-refractivity contribution >= 4 is 29.1 Å². The molecule has 9 heteroatoms. The number of hydrogen-bond acceptors (Lipinski definition) is 5. The summed E-state index contributed by atoms with van der Waals surface area (Å²) in [5.74, 6) is -0.991. The van der Waals surface area contributed by atoms with Gasteiger partial charge >= 0.3 is 0 Å². The topological polar surface area (TPSA) is 105 Å². The number of hydrogen-bond donors (Lipinski definition) is 2. The fraction of sp³-hybridized carbons (Fsp3) is 0.391. The minimum absolute atomic E-state index is 0.0407. The van der Waals surface area contributed by atoms with E-state index in [4.69, 9.17) is 11.6 Å². The van der Waals surface area contributed by atoms with Crippen molar-refractivity contribution in [3.8, 4) is 0 Å². The molecular formula is C23H29ClN4O4. The van der Waals surface area contributed by atoms with E-state index in [0.717, 1.165) is 25.6 Å². The van der Waals surface area contributed by atoms with E-state index in [0.29, 0.717) is 6.54 Å². The summed E-state index contributed by atoms with van der Waals surface area (Å²) in [6.45, 7) is 5.78. The third-order valence-corrected chi connectivity index (χ3v) is 5.27. The number of nitrogens with zero attached hydrogens (tertiary/aromatic N) is 2. The van der Waals surface area contributed by atoms with Gasteiger partial charge in [-0.3, -0.25) is 19.7 Å². The quantitative estimate of drug-likeness (QED) is 0.302. The number of benzene rings is 2. The van der Waals surface area contributed by atoms with E-state index in [1.807, 2.05) is 39.1 Å². The maximum Gasteiger partial charge on any atom is 0.270 e. The van der Waals surface area contributed by atoms with Gasteiger partial charge in [-0.05, 0) is 37.6 Å². The minimum atomic E-state index is -0.754. The molecule has 0 radical (unpaired) electrons. The van der Waals surface area contributed by atoms with Crippen LogP contribution in [0.25, 0.3) is 0 Å². The number of non-ortho nitro benzene ring substituents is 1. The highest BCUT2D eigenvalue weighted by Gasteiger charge is 2.25. The molecule has 0 heterocycles. The van der Waals surface area contributed by atoms with Gasteiger partial charge in [-0.25, -0.2) is 0 Å². The Morgan fingerprint density at radius 2 is 1.84 bits per heavy atom. The molecule has 0 aliphatic carbocycles. The van der Waals surface area contributed by atoms with Gasteiger partial charge in [0.05, 0.1) is 15.5 Å². The zero-order valence-electron chi connectivity index (χ0n) is 18.5. The lowest BCUT2D eigenvalue weighted by Gasteiger charge is -2.22. The lowest BCUT2D eigenvalue weighted by Crippen LogP contribution is -2.50. The second-order valence-electron chi connectivity index (χ2n) is 7.98. The molecule has 2 rings (SSSR count). The lowest BCUT2D eigenvalue weighted by atomic mass is 10.0.